The highest BCUT2D eigenvalue weighted by Gasteiger charge is 2.33. The predicted octanol–water partition coefficient (Wildman–Crippen LogP) is 7.19. The number of hydrogen-bond donors (Lipinski definition) is 1. The van der Waals surface area contributed by atoms with E-state index < -0.39 is 12.6 Å². The van der Waals surface area contributed by atoms with Crippen LogP contribution in [0.15, 0.2) is 42.2 Å². The van der Waals surface area contributed by atoms with Gasteiger partial charge in [-0.2, -0.15) is 18.3 Å². The maximum Gasteiger partial charge on any atom is 0.392 e. The Hall–Kier alpha value is -2.87. The number of hydrogen-bond acceptors (Lipinski definition) is 4. The average molecular weight is 497 g/mol. The van der Waals surface area contributed by atoms with Gasteiger partial charge in [-0.25, -0.2) is 4.68 Å². The van der Waals surface area contributed by atoms with Gasteiger partial charge in [0.25, 0.3) is 0 Å². The minimum Gasteiger partial charge on any atom is -0.381 e. The van der Waals surface area contributed by atoms with E-state index in [1.807, 2.05) is 35.1 Å². The number of pyridine rings is 1. The second kappa shape index (κ2) is 9.54. The standard InChI is InChI=1S/C28H31F3N4O/c29-28(30,31)15-18-5-3-8-21-22(27(18)24-12-10-20(16-32-24)34-19-6-4-7-19)11-13-25-23(21)17-33-35(25)26-9-1-2-14-36-26/h10-13,16-17,19,26,34H,1-9,14-15H2. The van der Waals surface area contributed by atoms with Crippen molar-refractivity contribution in [2.45, 2.75) is 82.7 Å². The highest BCUT2D eigenvalue weighted by Crippen LogP contribution is 2.42. The molecule has 5 nitrogen and oxygen atoms in total. The summed E-state index contributed by atoms with van der Waals surface area (Å²) in [6.45, 7) is 0.724. The Kier molecular flexibility index (Phi) is 6.23. The molecule has 3 aromatic rings. The summed E-state index contributed by atoms with van der Waals surface area (Å²) in [4.78, 5) is 4.66. The number of rotatable bonds is 5. The molecule has 3 aliphatic rings. The predicted molar refractivity (Wildman–Crippen MR) is 134 cm³/mol. The number of fused-ring (bicyclic) bond motifs is 3. The van der Waals surface area contributed by atoms with Crippen molar-refractivity contribution in [3.05, 3.63) is 59.1 Å². The van der Waals surface area contributed by atoms with Crippen LogP contribution in [0.5, 0.6) is 0 Å². The summed E-state index contributed by atoms with van der Waals surface area (Å²) >= 11 is 0. The van der Waals surface area contributed by atoms with Gasteiger partial charge in [0.05, 0.1) is 35.7 Å². The molecule has 1 saturated heterocycles. The summed E-state index contributed by atoms with van der Waals surface area (Å²) in [6.07, 6.45) is 6.69. The number of halogens is 3. The first-order chi connectivity index (χ1) is 17.5. The maximum absolute atomic E-state index is 13.7. The van der Waals surface area contributed by atoms with Crippen molar-refractivity contribution in [3.8, 4) is 0 Å². The summed E-state index contributed by atoms with van der Waals surface area (Å²) in [7, 11) is 0. The molecule has 190 valence electrons. The van der Waals surface area contributed by atoms with Crippen LogP contribution in [0.3, 0.4) is 0 Å². The van der Waals surface area contributed by atoms with Crippen LogP contribution in [0.4, 0.5) is 18.9 Å². The lowest BCUT2D eigenvalue weighted by Gasteiger charge is -2.27. The molecular weight excluding hydrogens is 465 g/mol. The summed E-state index contributed by atoms with van der Waals surface area (Å²) < 4.78 is 48.9. The van der Waals surface area contributed by atoms with Crippen LogP contribution in [0.25, 0.3) is 16.5 Å². The molecule has 36 heavy (non-hydrogen) atoms. The number of nitrogens with zero attached hydrogens (tertiary/aromatic N) is 3. The van der Waals surface area contributed by atoms with Crippen molar-refractivity contribution in [1.82, 2.24) is 14.8 Å². The van der Waals surface area contributed by atoms with E-state index in [4.69, 9.17) is 4.74 Å². The van der Waals surface area contributed by atoms with Gasteiger partial charge in [-0.15, -0.1) is 0 Å². The van der Waals surface area contributed by atoms with Crippen LogP contribution in [0, 0.1) is 0 Å². The number of anilines is 1. The molecule has 2 fully saturated rings. The SMILES string of the molecule is FC(F)(F)CC1=C(c2ccc(NC3CCC3)cn2)c2ccc3c(cnn3C3CCCCO3)c2CCC1. The van der Waals surface area contributed by atoms with Gasteiger partial charge >= 0.3 is 6.18 Å². The van der Waals surface area contributed by atoms with Crippen LogP contribution in [-0.2, 0) is 11.2 Å². The number of nitrogens with one attached hydrogen (secondary N) is 1. The Balaban J connectivity index is 1.43. The van der Waals surface area contributed by atoms with E-state index in [-0.39, 0.29) is 6.23 Å². The smallest absolute Gasteiger partial charge is 0.381 e. The van der Waals surface area contributed by atoms with Crippen molar-refractivity contribution in [2.24, 2.45) is 0 Å². The molecular formula is C28H31F3N4O. The lowest BCUT2D eigenvalue weighted by Crippen LogP contribution is -2.26. The fourth-order valence-electron chi connectivity index (χ4n) is 5.78. The molecule has 2 aromatic heterocycles. The lowest BCUT2D eigenvalue weighted by atomic mass is 9.90. The third-order valence-electron chi connectivity index (χ3n) is 7.76. The Morgan fingerprint density at radius 1 is 0.972 bits per heavy atom. The Labute approximate surface area is 208 Å². The number of aryl methyl sites for hydroxylation is 1. The molecule has 0 bridgehead atoms. The second-order valence-electron chi connectivity index (χ2n) is 10.3. The van der Waals surface area contributed by atoms with E-state index in [9.17, 15) is 13.2 Å². The first kappa shape index (κ1) is 23.5. The monoisotopic (exact) mass is 496 g/mol. The minimum atomic E-state index is -4.27. The molecule has 8 heteroatoms. The quantitative estimate of drug-likeness (QED) is 0.406. The largest absolute Gasteiger partial charge is 0.392 e. The van der Waals surface area contributed by atoms with Crippen molar-refractivity contribution in [1.29, 1.82) is 0 Å². The summed E-state index contributed by atoms with van der Waals surface area (Å²) in [5.41, 5.74) is 5.43. The van der Waals surface area contributed by atoms with Gasteiger partial charge in [-0.3, -0.25) is 4.98 Å². The molecule has 0 radical (unpaired) electrons. The Morgan fingerprint density at radius 3 is 2.56 bits per heavy atom. The van der Waals surface area contributed by atoms with Gasteiger partial charge in [0.1, 0.15) is 0 Å². The van der Waals surface area contributed by atoms with Crippen molar-refractivity contribution < 1.29 is 17.9 Å². The van der Waals surface area contributed by atoms with E-state index in [1.165, 1.54) is 6.42 Å². The number of ether oxygens (including phenoxy) is 1. The topological polar surface area (TPSA) is 52.0 Å². The Morgan fingerprint density at radius 2 is 1.86 bits per heavy atom. The molecule has 1 saturated carbocycles. The molecule has 6 rings (SSSR count). The molecule has 3 heterocycles. The number of allylic oxidation sites excluding steroid dienone is 1. The van der Waals surface area contributed by atoms with Gasteiger partial charge in [0.15, 0.2) is 6.23 Å². The van der Waals surface area contributed by atoms with E-state index in [0.717, 1.165) is 66.4 Å². The maximum atomic E-state index is 13.7. The molecule has 1 aromatic carbocycles. The molecule has 1 aliphatic heterocycles. The third kappa shape index (κ3) is 4.63. The van der Waals surface area contributed by atoms with Crippen molar-refractivity contribution >= 4 is 22.2 Å². The first-order valence-corrected chi connectivity index (χ1v) is 13.1. The van der Waals surface area contributed by atoms with E-state index in [1.54, 1.807) is 6.20 Å². The first-order valence-electron chi connectivity index (χ1n) is 13.1. The summed E-state index contributed by atoms with van der Waals surface area (Å²) in [5.74, 6) is 0. The van der Waals surface area contributed by atoms with Crippen molar-refractivity contribution in [3.63, 3.8) is 0 Å². The van der Waals surface area contributed by atoms with E-state index in [0.29, 0.717) is 42.1 Å². The van der Waals surface area contributed by atoms with Crippen LogP contribution < -0.4 is 5.32 Å². The normalized spacial score (nSPS) is 21.2. The molecule has 1 N–H and O–H groups in total. The Bertz CT molecular complexity index is 1270. The van der Waals surface area contributed by atoms with Gasteiger partial charge in [-0.1, -0.05) is 11.6 Å². The molecule has 0 spiro atoms. The summed E-state index contributed by atoms with van der Waals surface area (Å²) in [5, 5.41) is 9.12. The van der Waals surface area contributed by atoms with Crippen LogP contribution in [0.2, 0.25) is 0 Å². The zero-order valence-electron chi connectivity index (χ0n) is 20.3. The number of aromatic nitrogens is 3. The van der Waals surface area contributed by atoms with Crippen molar-refractivity contribution in [2.75, 3.05) is 11.9 Å². The van der Waals surface area contributed by atoms with Crippen LogP contribution in [-0.4, -0.2) is 33.6 Å². The number of alkyl halides is 3. The van der Waals surface area contributed by atoms with Crippen LogP contribution >= 0.6 is 0 Å². The lowest BCUT2D eigenvalue weighted by molar-refractivity contribution is -0.127. The highest BCUT2D eigenvalue weighted by atomic mass is 19.4. The van der Waals surface area contributed by atoms with E-state index in [2.05, 4.69) is 15.4 Å². The van der Waals surface area contributed by atoms with Gasteiger partial charge in [-0.05, 0) is 87.1 Å². The fraction of sp³-hybridized carbons (Fsp3) is 0.500. The third-order valence-corrected chi connectivity index (χ3v) is 7.76. The highest BCUT2D eigenvalue weighted by molar-refractivity contribution is 5.92. The zero-order chi connectivity index (χ0) is 24.7. The minimum absolute atomic E-state index is 0.0896. The zero-order valence-corrected chi connectivity index (χ0v) is 20.3. The van der Waals surface area contributed by atoms with Gasteiger partial charge < -0.3 is 10.1 Å². The average Bonchev–Trinajstić information content (AvgIpc) is 3.19. The fourth-order valence-corrected chi connectivity index (χ4v) is 5.78. The summed E-state index contributed by atoms with van der Waals surface area (Å²) in [6, 6.07) is 8.24. The van der Waals surface area contributed by atoms with Gasteiger partial charge in [0.2, 0.25) is 0 Å². The number of benzene rings is 1. The molecule has 1 atom stereocenters. The molecule has 2 aliphatic carbocycles. The van der Waals surface area contributed by atoms with E-state index >= 15 is 0 Å². The van der Waals surface area contributed by atoms with Gasteiger partial charge in [0, 0.05) is 23.6 Å². The van der Waals surface area contributed by atoms with Crippen LogP contribution in [0.1, 0.15) is 80.8 Å². The molecule has 1 unspecified atom stereocenters. The molecule has 0 amide bonds. The second-order valence-corrected chi connectivity index (χ2v) is 10.3.